The van der Waals surface area contributed by atoms with Crippen LogP contribution < -0.4 is 11.1 Å². The maximum Gasteiger partial charge on any atom is 0.241 e. The molecule has 0 radical (unpaired) electrons. The number of hydrogen-bond donors (Lipinski definition) is 2. The number of nitrogens with one attached hydrogen (secondary N) is 1. The number of nitrogens with zero attached hydrogens (tertiary/aromatic N) is 3. The van der Waals surface area contributed by atoms with Crippen LogP contribution in [0.15, 0.2) is 54.9 Å². The van der Waals surface area contributed by atoms with E-state index in [4.69, 9.17) is 5.73 Å². The molecule has 3 N–H and O–H groups in total. The molecule has 3 aromatic rings. The van der Waals surface area contributed by atoms with E-state index in [-0.39, 0.29) is 5.91 Å². The molecule has 2 aromatic carbocycles. The first kappa shape index (κ1) is 16.9. The molecule has 1 atom stereocenters. The van der Waals surface area contributed by atoms with E-state index in [1.165, 1.54) is 0 Å². The van der Waals surface area contributed by atoms with Crippen molar-refractivity contribution in [3.8, 4) is 11.4 Å². The Morgan fingerprint density at radius 3 is 2.64 bits per heavy atom. The van der Waals surface area contributed by atoms with E-state index >= 15 is 0 Å². The number of anilines is 1. The lowest BCUT2D eigenvalue weighted by atomic mass is 10.0. The van der Waals surface area contributed by atoms with Crippen molar-refractivity contribution >= 4 is 11.6 Å². The first-order chi connectivity index (χ1) is 12.1. The van der Waals surface area contributed by atoms with Gasteiger partial charge in [0.25, 0.3) is 0 Å². The first-order valence-electron chi connectivity index (χ1n) is 8.10. The molecule has 0 spiro atoms. The standard InChI is InChI=1S/C19H21N5O/c1-13-15(18-23-21-12-24(18)2)9-6-10-17(13)22-19(25)16(20)11-14-7-4-3-5-8-14/h3-10,12,16H,11,20H2,1-2H3,(H,22,25)/t16-/m0/s1. The molecular weight excluding hydrogens is 314 g/mol. The lowest BCUT2D eigenvalue weighted by molar-refractivity contribution is -0.117. The molecule has 0 bridgehead atoms. The van der Waals surface area contributed by atoms with E-state index in [0.717, 1.165) is 28.2 Å². The Kier molecular flexibility index (Phi) is 4.90. The van der Waals surface area contributed by atoms with Gasteiger partial charge < -0.3 is 15.6 Å². The third-order valence-corrected chi connectivity index (χ3v) is 4.18. The van der Waals surface area contributed by atoms with Crippen molar-refractivity contribution in [3.05, 3.63) is 66.0 Å². The van der Waals surface area contributed by atoms with Crippen LogP contribution in [0.4, 0.5) is 5.69 Å². The predicted octanol–water partition coefficient (Wildman–Crippen LogP) is 2.30. The van der Waals surface area contributed by atoms with Gasteiger partial charge in [-0.3, -0.25) is 4.79 Å². The molecule has 0 aliphatic rings. The van der Waals surface area contributed by atoms with Crippen LogP contribution in [0.1, 0.15) is 11.1 Å². The van der Waals surface area contributed by atoms with E-state index in [2.05, 4.69) is 15.5 Å². The molecule has 0 saturated heterocycles. The second-order valence-electron chi connectivity index (χ2n) is 6.03. The Bertz CT molecular complexity index is 873. The smallest absolute Gasteiger partial charge is 0.241 e. The van der Waals surface area contributed by atoms with E-state index in [9.17, 15) is 4.79 Å². The Labute approximate surface area is 146 Å². The second kappa shape index (κ2) is 7.27. The van der Waals surface area contributed by atoms with Crippen LogP contribution in [0.5, 0.6) is 0 Å². The van der Waals surface area contributed by atoms with Crippen LogP contribution in [0.25, 0.3) is 11.4 Å². The van der Waals surface area contributed by atoms with Gasteiger partial charge in [0, 0.05) is 18.3 Å². The molecule has 1 aromatic heterocycles. The Balaban J connectivity index is 1.76. The number of hydrogen-bond acceptors (Lipinski definition) is 4. The van der Waals surface area contributed by atoms with Gasteiger partial charge in [0.2, 0.25) is 5.91 Å². The van der Waals surface area contributed by atoms with Crippen molar-refractivity contribution in [1.29, 1.82) is 0 Å². The lowest BCUT2D eigenvalue weighted by Crippen LogP contribution is -2.37. The number of aromatic nitrogens is 3. The molecular formula is C19H21N5O. The minimum atomic E-state index is -0.611. The Hall–Kier alpha value is -2.99. The number of carbonyl (C=O) groups excluding carboxylic acids is 1. The van der Waals surface area contributed by atoms with Crippen molar-refractivity contribution in [2.75, 3.05) is 5.32 Å². The largest absolute Gasteiger partial charge is 0.324 e. The zero-order valence-electron chi connectivity index (χ0n) is 14.3. The van der Waals surface area contributed by atoms with Gasteiger partial charge in [0.1, 0.15) is 6.33 Å². The van der Waals surface area contributed by atoms with Crippen molar-refractivity contribution < 1.29 is 4.79 Å². The summed E-state index contributed by atoms with van der Waals surface area (Å²) in [5.74, 6) is 0.546. The topological polar surface area (TPSA) is 85.8 Å². The second-order valence-corrected chi connectivity index (χ2v) is 6.03. The van der Waals surface area contributed by atoms with Gasteiger partial charge in [-0.1, -0.05) is 42.5 Å². The molecule has 1 heterocycles. The Morgan fingerprint density at radius 1 is 1.20 bits per heavy atom. The zero-order valence-corrected chi connectivity index (χ0v) is 14.3. The molecule has 6 nitrogen and oxygen atoms in total. The highest BCUT2D eigenvalue weighted by molar-refractivity contribution is 5.96. The fraction of sp³-hybridized carbons (Fsp3) is 0.211. The zero-order chi connectivity index (χ0) is 17.8. The quantitative estimate of drug-likeness (QED) is 0.749. The van der Waals surface area contributed by atoms with Crippen LogP contribution in [-0.2, 0) is 18.3 Å². The molecule has 6 heteroatoms. The van der Waals surface area contributed by atoms with Crippen LogP contribution in [0.2, 0.25) is 0 Å². The van der Waals surface area contributed by atoms with Crippen molar-refractivity contribution in [1.82, 2.24) is 14.8 Å². The number of nitrogens with two attached hydrogens (primary N) is 1. The van der Waals surface area contributed by atoms with Gasteiger partial charge in [-0.2, -0.15) is 0 Å². The molecule has 3 rings (SSSR count). The van der Waals surface area contributed by atoms with E-state index < -0.39 is 6.04 Å². The van der Waals surface area contributed by atoms with E-state index in [0.29, 0.717) is 6.42 Å². The van der Waals surface area contributed by atoms with Crippen LogP contribution in [-0.4, -0.2) is 26.7 Å². The highest BCUT2D eigenvalue weighted by Crippen LogP contribution is 2.26. The number of aryl methyl sites for hydroxylation is 1. The lowest BCUT2D eigenvalue weighted by Gasteiger charge is -2.15. The van der Waals surface area contributed by atoms with Crippen LogP contribution in [0.3, 0.4) is 0 Å². The normalized spacial score (nSPS) is 12.0. The summed E-state index contributed by atoms with van der Waals surface area (Å²) < 4.78 is 1.84. The van der Waals surface area contributed by atoms with Gasteiger partial charge in [-0.15, -0.1) is 10.2 Å². The van der Waals surface area contributed by atoms with E-state index in [1.54, 1.807) is 6.33 Å². The fourth-order valence-corrected chi connectivity index (χ4v) is 2.73. The maximum atomic E-state index is 12.5. The highest BCUT2D eigenvalue weighted by atomic mass is 16.2. The summed E-state index contributed by atoms with van der Waals surface area (Å²) in [5.41, 5.74) is 9.69. The summed E-state index contributed by atoms with van der Waals surface area (Å²) in [6.45, 7) is 1.95. The van der Waals surface area contributed by atoms with Crippen molar-refractivity contribution in [3.63, 3.8) is 0 Å². The molecule has 0 aliphatic heterocycles. The minimum absolute atomic E-state index is 0.206. The minimum Gasteiger partial charge on any atom is -0.324 e. The summed E-state index contributed by atoms with van der Waals surface area (Å²) >= 11 is 0. The molecule has 0 saturated carbocycles. The average Bonchev–Trinajstić information content (AvgIpc) is 3.03. The highest BCUT2D eigenvalue weighted by Gasteiger charge is 2.17. The van der Waals surface area contributed by atoms with Gasteiger partial charge in [0.15, 0.2) is 5.82 Å². The summed E-state index contributed by atoms with van der Waals surface area (Å²) in [6.07, 6.45) is 2.14. The van der Waals surface area contributed by atoms with Crippen LogP contribution in [0, 0.1) is 6.92 Å². The summed E-state index contributed by atoms with van der Waals surface area (Å²) in [6, 6.07) is 14.8. The van der Waals surface area contributed by atoms with Gasteiger partial charge in [-0.05, 0) is 30.5 Å². The number of amides is 1. The van der Waals surface area contributed by atoms with Crippen molar-refractivity contribution in [2.24, 2.45) is 12.8 Å². The molecule has 0 aliphatic carbocycles. The van der Waals surface area contributed by atoms with Gasteiger partial charge in [-0.25, -0.2) is 0 Å². The summed E-state index contributed by atoms with van der Waals surface area (Å²) in [5, 5.41) is 11.0. The number of carbonyl (C=O) groups is 1. The SMILES string of the molecule is Cc1c(NC(=O)[C@@H](N)Cc2ccccc2)cccc1-c1nncn1C. The maximum absolute atomic E-state index is 12.5. The average molecular weight is 335 g/mol. The third kappa shape index (κ3) is 3.75. The summed E-state index contributed by atoms with van der Waals surface area (Å²) in [7, 11) is 1.88. The summed E-state index contributed by atoms with van der Waals surface area (Å²) in [4.78, 5) is 12.5. The molecule has 0 unspecified atom stereocenters. The van der Waals surface area contributed by atoms with Crippen LogP contribution >= 0.6 is 0 Å². The molecule has 0 fully saturated rings. The van der Waals surface area contributed by atoms with Gasteiger partial charge in [0.05, 0.1) is 6.04 Å². The number of rotatable bonds is 5. The Morgan fingerprint density at radius 2 is 1.96 bits per heavy atom. The van der Waals surface area contributed by atoms with Gasteiger partial charge >= 0.3 is 0 Å². The van der Waals surface area contributed by atoms with Crippen molar-refractivity contribution in [2.45, 2.75) is 19.4 Å². The molecule has 128 valence electrons. The monoisotopic (exact) mass is 335 g/mol. The van der Waals surface area contributed by atoms with E-state index in [1.807, 2.05) is 67.1 Å². The fourth-order valence-electron chi connectivity index (χ4n) is 2.73. The predicted molar refractivity (Wildman–Crippen MR) is 97.9 cm³/mol. The number of benzene rings is 2. The third-order valence-electron chi connectivity index (χ3n) is 4.18. The molecule has 1 amide bonds. The molecule has 25 heavy (non-hydrogen) atoms. The first-order valence-corrected chi connectivity index (χ1v) is 8.10.